The molecule has 0 aliphatic rings. The van der Waals surface area contributed by atoms with Crippen LogP contribution in [-0.2, 0) is 28.2 Å². The maximum Gasteiger partial charge on any atom is 0.469 e. The fourth-order valence-corrected chi connectivity index (χ4v) is 5.28. The van der Waals surface area contributed by atoms with E-state index in [4.69, 9.17) is 19.3 Å². The van der Waals surface area contributed by atoms with Crippen LogP contribution in [0.15, 0.2) is 85.1 Å². The smallest absolute Gasteiger partial charge is 0.462 e. The Kier molecular flexibility index (Phi) is 35.5. The molecule has 0 radical (unpaired) electrons. The Morgan fingerprint density at radius 2 is 1.04 bits per heavy atom. The lowest BCUT2D eigenvalue weighted by Crippen LogP contribution is -2.29. The van der Waals surface area contributed by atoms with Gasteiger partial charge in [-0.25, -0.2) is 4.57 Å². The van der Waals surface area contributed by atoms with Gasteiger partial charge in [-0.15, -0.1) is 0 Å². The molecule has 0 amide bonds. The second-order valence-electron chi connectivity index (χ2n) is 13.1. The Balaban J connectivity index is 4.14. The molecule has 0 aromatic carbocycles. The number of phosphoric acid groups is 1. The van der Waals surface area contributed by atoms with Gasteiger partial charge in [-0.1, -0.05) is 137 Å². The Hall–Kier alpha value is -2.81. The van der Waals surface area contributed by atoms with Gasteiger partial charge in [0.15, 0.2) is 6.10 Å². The quantitative estimate of drug-likeness (QED) is 0.0249. The number of carbonyl (C=O) groups is 2. The van der Waals surface area contributed by atoms with Crippen LogP contribution in [0.5, 0.6) is 0 Å². The van der Waals surface area contributed by atoms with E-state index in [2.05, 4.69) is 79.1 Å². The highest BCUT2D eigenvalue weighted by atomic mass is 31.2. The summed E-state index contributed by atoms with van der Waals surface area (Å²) in [4.78, 5) is 42.8. The molecule has 9 nitrogen and oxygen atoms in total. The highest BCUT2D eigenvalue weighted by molar-refractivity contribution is 7.46. The molecule has 0 unspecified atom stereocenters. The SMILES string of the molecule is CCCCC/C=C\C/C=C\C/C=C\CCCCCCC(=O)OC[C@H](COP(=O)(O)O)OC(=O)CCC/C=C\C/C=C\C/C=C\C/C=C\[C@H](O)CCCC. The van der Waals surface area contributed by atoms with Gasteiger partial charge in [-0.3, -0.25) is 14.1 Å². The molecule has 0 aliphatic carbocycles. The van der Waals surface area contributed by atoms with E-state index in [9.17, 15) is 19.3 Å². The first-order valence-electron chi connectivity index (χ1n) is 20.0. The van der Waals surface area contributed by atoms with E-state index < -0.39 is 32.5 Å². The van der Waals surface area contributed by atoms with Gasteiger partial charge in [-0.05, 0) is 83.5 Å². The van der Waals surface area contributed by atoms with Crippen molar-refractivity contribution in [3.8, 4) is 0 Å². The molecule has 2 atom stereocenters. The van der Waals surface area contributed by atoms with Gasteiger partial charge in [-0.2, -0.15) is 0 Å². The Morgan fingerprint density at radius 1 is 0.566 bits per heavy atom. The fraction of sp³-hybridized carbons (Fsp3) is 0.628. The van der Waals surface area contributed by atoms with E-state index >= 15 is 0 Å². The Labute approximate surface area is 321 Å². The summed E-state index contributed by atoms with van der Waals surface area (Å²) in [6.45, 7) is 3.42. The normalized spacial score (nSPS) is 14.0. The van der Waals surface area contributed by atoms with E-state index in [0.29, 0.717) is 19.3 Å². The number of ether oxygens (including phenoxy) is 2. The topological polar surface area (TPSA) is 140 Å². The molecule has 0 spiro atoms. The molecule has 0 rings (SSSR count). The first-order chi connectivity index (χ1) is 25.7. The number of phosphoric ester groups is 1. The van der Waals surface area contributed by atoms with Gasteiger partial charge in [0.2, 0.25) is 0 Å². The van der Waals surface area contributed by atoms with Gasteiger partial charge >= 0.3 is 19.8 Å². The standard InChI is InChI=1S/C43H71O9P/c1-3-5-7-8-9-10-11-12-13-14-15-16-20-23-26-29-32-36-42(45)50-38-41(39-51-53(47,48)49)52-43(46)37-33-30-27-24-21-18-17-19-22-25-28-31-35-40(44)34-6-4-2/h9-10,12-13,15-18,22,24-25,27,31,35,40-41,44H,3-8,11,14,19-21,23,26,28-30,32-34,36-39H2,1-2H3,(H2,47,48,49)/b10-9-,13-12-,16-15-,18-17-,25-22-,27-24-,35-31-/t40-,41-/m1/s1. The minimum absolute atomic E-state index is 0.109. The molecule has 0 saturated heterocycles. The number of allylic oxidation sites excluding steroid dienone is 13. The predicted octanol–water partition coefficient (Wildman–Crippen LogP) is 11.0. The van der Waals surface area contributed by atoms with Crippen molar-refractivity contribution in [3.63, 3.8) is 0 Å². The van der Waals surface area contributed by atoms with Crippen LogP contribution < -0.4 is 0 Å². The molecular formula is C43H71O9P. The zero-order valence-corrected chi connectivity index (χ0v) is 33.6. The molecule has 0 saturated carbocycles. The maximum atomic E-state index is 12.4. The number of rotatable bonds is 35. The number of carbonyl (C=O) groups excluding carboxylic acids is 2. The zero-order chi connectivity index (χ0) is 39.1. The molecule has 0 aromatic rings. The lowest BCUT2D eigenvalue weighted by molar-refractivity contribution is -0.161. The third kappa shape index (κ3) is 40.2. The van der Waals surface area contributed by atoms with E-state index in [1.165, 1.54) is 25.7 Å². The van der Waals surface area contributed by atoms with Crippen molar-refractivity contribution in [1.29, 1.82) is 0 Å². The van der Waals surface area contributed by atoms with Crippen LogP contribution in [0, 0.1) is 0 Å². The summed E-state index contributed by atoms with van der Waals surface area (Å²) < 4.78 is 26.3. The van der Waals surface area contributed by atoms with E-state index in [0.717, 1.165) is 77.0 Å². The van der Waals surface area contributed by atoms with Crippen LogP contribution in [0.2, 0.25) is 0 Å². The molecule has 10 heteroatoms. The van der Waals surface area contributed by atoms with E-state index in [-0.39, 0.29) is 25.6 Å². The molecule has 302 valence electrons. The summed E-state index contributed by atoms with van der Waals surface area (Å²) in [5.41, 5.74) is 0. The van der Waals surface area contributed by atoms with E-state index in [1.54, 1.807) is 0 Å². The molecular weight excluding hydrogens is 691 g/mol. The zero-order valence-electron chi connectivity index (χ0n) is 32.7. The lowest BCUT2D eigenvalue weighted by Gasteiger charge is -2.18. The number of unbranched alkanes of at least 4 members (excludes halogenated alkanes) is 9. The molecule has 0 heterocycles. The number of aliphatic hydroxyl groups excluding tert-OH is 1. The van der Waals surface area contributed by atoms with Crippen LogP contribution in [0.25, 0.3) is 0 Å². The molecule has 0 aromatic heterocycles. The average Bonchev–Trinajstić information content (AvgIpc) is 3.12. The molecule has 3 N–H and O–H groups in total. The van der Waals surface area contributed by atoms with Crippen molar-refractivity contribution in [1.82, 2.24) is 0 Å². The first-order valence-corrected chi connectivity index (χ1v) is 21.5. The number of aliphatic hydroxyl groups is 1. The number of hydrogen-bond donors (Lipinski definition) is 3. The molecule has 0 fully saturated rings. The maximum absolute atomic E-state index is 12.4. The van der Waals surface area contributed by atoms with Crippen LogP contribution >= 0.6 is 7.82 Å². The van der Waals surface area contributed by atoms with Crippen molar-refractivity contribution in [2.24, 2.45) is 0 Å². The summed E-state index contributed by atoms with van der Waals surface area (Å²) in [6.07, 6.45) is 46.4. The first kappa shape index (κ1) is 50.2. The third-order valence-corrected chi connectivity index (χ3v) is 8.44. The van der Waals surface area contributed by atoms with Crippen molar-refractivity contribution in [3.05, 3.63) is 85.1 Å². The van der Waals surface area contributed by atoms with Gasteiger partial charge in [0, 0.05) is 12.8 Å². The highest BCUT2D eigenvalue weighted by Crippen LogP contribution is 2.36. The van der Waals surface area contributed by atoms with Crippen LogP contribution in [0.4, 0.5) is 0 Å². The minimum atomic E-state index is -4.79. The third-order valence-electron chi connectivity index (χ3n) is 7.96. The molecule has 0 aliphatic heterocycles. The van der Waals surface area contributed by atoms with Crippen LogP contribution in [-0.4, -0.2) is 52.3 Å². The van der Waals surface area contributed by atoms with Crippen molar-refractivity contribution in [2.75, 3.05) is 13.2 Å². The van der Waals surface area contributed by atoms with Gasteiger partial charge < -0.3 is 24.4 Å². The molecule has 53 heavy (non-hydrogen) atoms. The minimum Gasteiger partial charge on any atom is -0.462 e. The summed E-state index contributed by atoms with van der Waals surface area (Å²) >= 11 is 0. The second-order valence-corrected chi connectivity index (χ2v) is 14.3. The largest absolute Gasteiger partial charge is 0.469 e. The summed E-state index contributed by atoms with van der Waals surface area (Å²) in [5, 5.41) is 9.79. The van der Waals surface area contributed by atoms with E-state index in [1.807, 2.05) is 24.3 Å². The Morgan fingerprint density at radius 3 is 1.58 bits per heavy atom. The lowest BCUT2D eigenvalue weighted by atomic mass is 10.1. The van der Waals surface area contributed by atoms with Gasteiger partial charge in [0.25, 0.3) is 0 Å². The summed E-state index contributed by atoms with van der Waals surface area (Å²) in [7, 11) is -4.79. The number of hydrogen-bond acceptors (Lipinski definition) is 7. The monoisotopic (exact) mass is 762 g/mol. The Bertz CT molecular complexity index is 1150. The highest BCUT2D eigenvalue weighted by Gasteiger charge is 2.22. The van der Waals surface area contributed by atoms with Crippen molar-refractivity contribution in [2.45, 2.75) is 161 Å². The van der Waals surface area contributed by atoms with Crippen molar-refractivity contribution < 1.29 is 43.0 Å². The summed E-state index contributed by atoms with van der Waals surface area (Å²) in [6, 6.07) is 0. The van der Waals surface area contributed by atoms with Crippen LogP contribution in [0.1, 0.15) is 149 Å². The van der Waals surface area contributed by atoms with Gasteiger partial charge in [0.05, 0.1) is 12.7 Å². The molecule has 0 bridgehead atoms. The predicted molar refractivity (Wildman–Crippen MR) is 217 cm³/mol. The second kappa shape index (κ2) is 37.5. The number of esters is 2. The fourth-order valence-electron chi connectivity index (χ4n) is 4.92. The van der Waals surface area contributed by atoms with Crippen molar-refractivity contribution >= 4 is 19.8 Å². The summed E-state index contributed by atoms with van der Waals surface area (Å²) in [5.74, 6) is -1.01. The van der Waals surface area contributed by atoms with Gasteiger partial charge in [0.1, 0.15) is 6.61 Å². The van der Waals surface area contributed by atoms with Crippen LogP contribution in [0.3, 0.4) is 0 Å². The average molecular weight is 763 g/mol.